The summed E-state index contributed by atoms with van der Waals surface area (Å²) in [7, 11) is 0. The van der Waals surface area contributed by atoms with Crippen LogP contribution in [0.25, 0.3) is 5.76 Å². The van der Waals surface area contributed by atoms with Crippen molar-refractivity contribution in [2.45, 2.75) is 19.9 Å². The van der Waals surface area contributed by atoms with Gasteiger partial charge in [0.15, 0.2) is 0 Å². The summed E-state index contributed by atoms with van der Waals surface area (Å²) in [5.41, 5.74) is 2.91. The number of amides is 1. The number of Topliss-reactive ketones (excluding diaryl/α,β-unsaturated/α-hetero) is 1. The lowest BCUT2D eigenvalue weighted by Gasteiger charge is -2.25. The van der Waals surface area contributed by atoms with Crippen molar-refractivity contribution in [2.24, 2.45) is 0 Å². The van der Waals surface area contributed by atoms with Crippen molar-refractivity contribution in [3.63, 3.8) is 0 Å². The minimum atomic E-state index is -0.736. The van der Waals surface area contributed by atoms with Crippen molar-refractivity contribution >= 4 is 23.1 Å². The largest absolute Gasteiger partial charge is 0.507 e. The first-order chi connectivity index (χ1) is 15.0. The molecule has 3 aromatic rings. The van der Waals surface area contributed by atoms with E-state index in [0.29, 0.717) is 23.6 Å². The minimum absolute atomic E-state index is 0.0777. The van der Waals surface area contributed by atoms with Crippen molar-refractivity contribution in [1.29, 1.82) is 0 Å². The predicted octanol–water partition coefficient (Wildman–Crippen LogP) is 5.02. The summed E-state index contributed by atoms with van der Waals surface area (Å²) in [4.78, 5) is 27.6. The molecule has 1 heterocycles. The van der Waals surface area contributed by atoms with Gasteiger partial charge in [0.25, 0.3) is 11.7 Å². The van der Waals surface area contributed by atoms with Gasteiger partial charge in [-0.05, 0) is 43.7 Å². The quantitative estimate of drug-likeness (QED) is 0.362. The van der Waals surface area contributed by atoms with Crippen LogP contribution in [0.2, 0.25) is 0 Å². The van der Waals surface area contributed by atoms with Crippen LogP contribution in [0.4, 0.5) is 5.69 Å². The van der Waals surface area contributed by atoms with Gasteiger partial charge < -0.3 is 9.84 Å². The SMILES string of the molecule is CCOc1ccc(N2C(=O)C(=O)C(=C(O)c3ccc(C)cc3)[C@H]2c2ccccc2)cc1. The first-order valence-electron chi connectivity index (χ1n) is 10.2. The van der Waals surface area contributed by atoms with Crippen LogP contribution in [0.5, 0.6) is 5.75 Å². The second-order valence-corrected chi connectivity index (χ2v) is 7.37. The average Bonchev–Trinajstić information content (AvgIpc) is 3.06. The van der Waals surface area contributed by atoms with Gasteiger partial charge in [0, 0.05) is 11.3 Å². The highest BCUT2D eigenvalue weighted by molar-refractivity contribution is 6.51. The number of benzene rings is 3. The fourth-order valence-corrected chi connectivity index (χ4v) is 3.79. The zero-order valence-corrected chi connectivity index (χ0v) is 17.4. The standard InChI is InChI=1S/C26H23NO4/c1-3-31-21-15-13-20(14-16-21)27-23(18-7-5-4-6-8-18)22(25(29)26(27)30)24(28)19-11-9-17(2)10-12-19/h4-16,23,28H,3H2,1-2H3/t23-/m1/s1. The zero-order chi connectivity index (χ0) is 22.0. The van der Waals surface area contributed by atoms with E-state index < -0.39 is 17.7 Å². The maximum atomic E-state index is 13.1. The monoisotopic (exact) mass is 413 g/mol. The van der Waals surface area contributed by atoms with Crippen LogP contribution in [-0.4, -0.2) is 23.4 Å². The first-order valence-corrected chi connectivity index (χ1v) is 10.2. The first kappa shape index (κ1) is 20.4. The molecule has 1 saturated heterocycles. The molecule has 31 heavy (non-hydrogen) atoms. The second-order valence-electron chi connectivity index (χ2n) is 7.37. The number of ether oxygens (including phenoxy) is 1. The highest BCUT2D eigenvalue weighted by Gasteiger charge is 2.46. The molecule has 0 bridgehead atoms. The molecular weight excluding hydrogens is 390 g/mol. The summed E-state index contributed by atoms with van der Waals surface area (Å²) in [5.74, 6) is -0.883. The lowest BCUT2D eigenvalue weighted by Crippen LogP contribution is -2.29. The molecule has 0 aliphatic carbocycles. The number of carbonyl (C=O) groups excluding carboxylic acids is 2. The molecular formula is C26H23NO4. The van der Waals surface area contributed by atoms with E-state index in [9.17, 15) is 14.7 Å². The molecule has 1 fully saturated rings. The molecule has 0 spiro atoms. The molecule has 156 valence electrons. The highest BCUT2D eigenvalue weighted by atomic mass is 16.5. The average molecular weight is 413 g/mol. The van der Waals surface area contributed by atoms with E-state index in [4.69, 9.17) is 4.74 Å². The van der Waals surface area contributed by atoms with Gasteiger partial charge in [0.1, 0.15) is 11.5 Å². The van der Waals surface area contributed by atoms with E-state index in [1.54, 1.807) is 36.4 Å². The smallest absolute Gasteiger partial charge is 0.300 e. The molecule has 4 rings (SSSR count). The number of rotatable bonds is 5. The van der Waals surface area contributed by atoms with E-state index in [2.05, 4.69) is 0 Å². The van der Waals surface area contributed by atoms with Crippen molar-refractivity contribution in [3.8, 4) is 5.75 Å². The third-order valence-corrected chi connectivity index (χ3v) is 5.31. The number of nitrogens with zero attached hydrogens (tertiary/aromatic N) is 1. The summed E-state index contributed by atoms with van der Waals surface area (Å²) in [6, 6.07) is 22.8. The maximum Gasteiger partial charge on any atom is 0.300 e. The van der Waals surface area contributed by atoms with Crippen LogP contribution < -0.4 is 9.64 Å². The molecule has 1 N–H and O–H groups in total. The number of anilines is 1. The molecule has 0 unspecified atom stereocenters. The third kappa shape index (κ3) is 3.82. The van der Waals surface area contributed by atoms with Gasteiger partial charge in [-0.3, -0.25) is 14.5 Å². The Balaban J connectivity index is 1.87. The van der Waals surface area contributed by atoms with Crippen LogP contribution >= 0.6 is 0 Å². The molecule has 5 nitrogen and oxygen atoms in total. The van der Waals surface area contributed by atoms with Crippen LogP contribution in [0.1, 0.15) is 29.7 Å². The maximum absolute atomic E-state index is 13.1. The fourth-order valence-electron chi connectivity index (χ4n) is 3.79. The lowest BCUT2D eigenvalue weighted by molar-refractivity contribution is -0.132. The molecule has 5 heteroatoms. The number of ketones is 1. The lowest BCUT2D eigenvalue weighted by atomic mass is 9.95. The van der Waals surface area contributed by atoms with Gasteiger partial charge in [0.2, 0.25) is 0 Å². The van der Waals surface area contributed by atoms with Crippen molar-refractivity contribution in [3.05, 3.63) is 101 Å². The Kier molecular flexibility index (Phi) is 5.58. The molecule has 0 radical (unpaired) electrons. The number of hydrogen-bond donors (Lipinski definition) is 1. The summed E-state index contributed by atoms with van der Waals surface area (Å²) in [6.45, 7) is 4.37. The normalized spacial score (nSPS) is 17.7. The summed E-state index contributed by atoms with van der Waals surface area (Å²) in [6.07, 6.45) is 0. The van der Waals surface area contributed by atoms with Gasteiger partial charge in [-0.25, -0.2) is 0 Å². The van der Waals surface area contributed by atoms with Crippen LogP contribution in [0.15, 0.2) is 84.4 Å². The molecule has 1 aliphatic rings. The summed E-state index contributed by atoms with van der Waals surface area (Å²) >= 11 is 0. The molecule has 3 aromatic carbocycles. The molecule has 1 atom stereocenters. The Morgan fingerprint density at radius 1 is 0.935 bits per heavy atom. The van der Waals surface area contributed by atoms with Crippen LogP contribution in [-0.2, 0) is 9.59 Å². The second kappa shape index (κ2) is 8.48. The highest BCUT2D eigenvalue weighted by Crippen LogP contribution is 2.42. The molecule has 0 saturated carbocycles. The van der Waals surface area contributed by atoms with Gasteiger partial charge in [-0.15, -0.1) is 0 Å². The zero-order valence-electron chi connectivity index (χ0n) is 17.4. The van der Waals surface area contributed by atoms with Gasteiger partial charge in [-0.1, -0.05) is 60.2 Å². The summed E-state index contributed by atoms with van der Waals surface area (Å²) < 4.78 is 5.49. The van der Waals surface area contributed by atoms with E-state index in [0.717, 1.165) is 11.1 Å². The Morgan fingerprint density at radius 3 is 2.19 bits per heavy atom. The Bertz CT molecular complexity index is 1130. The van der Waals surface area contributed by atoms with E-state index in [1.165, 1.54) is 4.90 Å². The topological polar surface area (TPSA) is 66.8 Å². The number of aliphatic hydroxyl groups excluding tert-OH is 1. The predicted molar refractivity (Wildman–Crippen MR) is 120 cm³/mol. The van der Waals surface area contributed by atoms with Crippen molar-refractivity contribution < 1.29 is 19.4 Å². The fraction of sp³-hybridized carbons (Fsp3) is 0.154. The number of carbonyl (C=O) groups is 2. The molecule has 0 aromatic heterocycles. The Labute approximate surface area is 181 Å². The number of aryl methyl sites for hydroxylation is 1. The Hall–Kier alpha value is -3.86. The Morgan fingerprint density at radius 2 is 1.58 bits per heavy atom. The minimum Gasteiger partial charge on any atom is -0.507 e. The van der Waals surface area contributed by atoms with Crippen LogP contribution in [0, 0.1) is 6.92 Å². The molecule has 1 aliphatic heterocycles. The van der Waals surface area contributed by atoms with E-state index in [1.807, 2.05) is 56.3 Å². The van der Waals surface area contributed by atoms with Gasteiger partial charge >= 0.3 is 0 Å². The van der Waals surface area contributed by atoms with Crippen LogP contribution in [0.3, 0.4) is 0 Å². The molecule has 1 amide bonds. The third-order valence-electron chi connectivity index (χ3n) is 5.31. The van der Waals surface area contributed by atoms with Crippen molar-refractivity contribution in [2.75, 3.05) is 11.5 Å². The summed E-state index contributed by atoms with van der Waals surface area (Å²) in [5, 5.41) is 11.1. The van der Waals surface area contributed by atoms with Gasteiger partial charge in [-0.2, -0.15) is 0 Å². The number of aliphatic hydroxyl groups is 1. The van der Waals surface area contributed by atoms with E-state index in [-0.39, 0.29) is 11.3 Å². The number of hydrogen-bond acceptors (Lipinski definition) is 4. The van der Waals surface area contributed by atoms with E-state index >= 15 is 0 Å². The van der Waals surface area contributed by atoms with Gasteiger partial charge in [0.05, 0.1) is 18.2 Å². The van der Waals surface area contributed by atoms with Crippen molar-refractivity contribution in [1.82, 2.24) is 0 Å².